The van der Waals surface area contributed by atoms with Crippen molar-refractivity contribution >= 4 is 6.09 Å². The number of likely N-dealkylation sites (tertiary alicyclic amines) is 1. The Labute approximate surface area is 208 Å². The number of hydrogen-bond donors (Lipinski definition) is 1. The molecule has 0 bridgehead atoms. The van der Waals surface area contributed by atoms with E-state index in [4.69, 9.17) is 24.2 Å². The molecule has 8 nitrogen and oxygen atoms in total. The number of aryl methyl sites for hydroxylation is 1. The maximum Gasteiger partial charge on any atom is 0.410 e. The highest BCUT2D eigenvalue weighted by Crippen LogP contribution is 2.39. The maximum absolute atomic E-state index is 12.7. The summed E-state index contributed by atoms with van der Waals surface area (Å²) in [6.45, 7) is 3.61. The third-order valence-electron chi connectivity index (χ3n) is 6.55. The smallest absolute Gasteiger partial charge is 0.410 e. The monoisotopic (exact) mass is 482 g/mol. The molecule has 1 N–H and O–H groups in total. The number of hydrogen-bond acceptors (Lipinski definition) is 6. The van der Waals surface area contributed by atoms with Crippen LogP contribution in [0.2, 0.25) is 0 Å². The zero-order valence-electron chi connectivity index (χ0n) is 19.9. The van der Waals surface area contributed by atoms with Gasteiger partial charge in [0, 0.05) is 30.3 Å². The van der Waals surface area contributed by atoms with Gasteiger partial charge in [-0.15, -0.1) is 0 Å². The van der Waals surface area contributed by atoms with E-state index in [1.165, 1.54) is 0 Å². The number of fused-ring (bicyclic) bond motifs is 1. The number of imidazole rings is 1. The minimum atomic E-state index is -0.301. The lowest BCUT2D eigenvalue weighted by atomic mass is 10.1. The molecule has 0 spiro atoms. The first-order valence-corrected chi connectivity index (χ1v) is 12.0. The van der Waals surface area contributed by atoms with E-state index < -0.39 is 0 Å². The van der Waals surface area contributed by atoms with Crippen molar-refractivity contribution in [3.63, 3.8) is 0 Å². The molecule has 2 aromatic heterocycles. The van der Waals surface area contributed by atoms with Crippen LogP contribution in [0, 0.1) is 6.92 Å². The van der Waals surface area contributed by atoms with Crippen LogP contribution in [0.15, 0.2) is 66.7 Å². The summed E-state index contributed by atoms with van der Waals surface area (Å²) in [4.78, 5) is 27.7. The molecule has 0 saturated carbocycles. The second-order valence-electron chi connectivity index (χ2n) is 9.05. The van der Waals surface area contributed by atoms with Crippen molar-refractivity contribution in [1.82, 2.24) is 19.9 Å². The molecule has 2 aromatic carbocycles. The van der Waals surface area contributed by atoms with E-state index in [1.807, 2.05) is 73.7 Å². The summed E-state index contributed by atoms with van der Waals surface area (Å²) in [5.41, 5.74) is 5.27. The summed E-state index contributed by atoms with van der Waals surface area (Å²) < 4.78 is 16.6. The lowest BCUT2D eigenvalue weighted by molar-refractivity contribution is 0.104. The molecule has 36 heavy (non-hydrogen) atoms. The molecular formula is C28H26N4O4. The van der Waals surface area contributed by atoms with E-state index in [-0.39, 0.29) is 25.4 Å². The van der Waals surface area contributed by atoms with Crippen LogP contribution in [0.3, 0.4) is 0 Å². The number of amides is 1. The maximum atomic E-state index is 12.7. The zero-order valence-corrected chi connectivity index (χ0v) is 19.9. The van der Waals surface area contributed by atoms with Crippen molar-refractivity contribution in [3.8, 4) is 34.1 Å². The van der Waals surface area contributed by atoms with Gasteiger partial charge in [0.05, 0.1) is 17.1 Å². The Morgan fingerprint density at radius 1 is 1.06 bits per heavy atom. The fourth-order valence-electron chi connectivity index (χ4n) is 4.67. The number of nitrogens with one attached hydrogen (secondary N) is 1. The molecule has 1 fully saturated rings. The highest BCUT2D eigenvalue weighted by Gasteiger charge is 2.31. The normalized spacial score (nSPS) is 16.4. The van der Waals surface area contributed by atoms with E-state index in [2.05, 4.69) is 4.98 Å². The first-order chi connectivity index (χ1) is 17.6. The summed E-state index contributed by atoms with van der Waals surface area (Å²) in [6, 6.07) is 21.5. The Balaban J connectivity index is 1.25. The number of rotatable bonds is 5. The van der Waals surface area contributed by atoms with Crippen LogP contribution in [0.1, 0.15) is 29.4 Å². The summed E-state index contributed by atoms with van der Waals surface area (Å²) in [7, 11) is 0. The van der Waals surface area contributed by atoms with E-state index in [0.29, 0.717) is 18.8 Å². The fraction of sp³-hybridized carbons (Fsp3) is 0.250. The molecule has 2 aliphatic rings. The Morgan fingerprint density at radius 2 is 1.92 bits per heavy atom. The molecule has 0 radical (unpaired) electrons. The van der Waals surface area contributed by atoms with E-state index >= 15 is 0 Å². The third-order valence-corrected chi connectivity index (χ3v) is 6.55. The van der Waals surface area contributed by atoms with Crippen molar-refractivity contribution in [1.29, 1.82) is 0 Å². The molecule has 2 aliphatic heterocycles. The minimum Gasteiger partial charge on any atom is -0.454 e. The number of carbonyl (C=O) groups is 1. The van der Waals surface area contributed by atoms with Crippen molar-refractivity contribution in [2.75, 3.05) is 19.9 Å². The van der Waals surface area contributed by atoms with Crippen LogP contribution in [-0.2, 0) is 11.3 Å². The number of ether oxygens (including phenoxy) is 3. The highest BCUT2D eigenvalue weighted by molar-refractivity contribution is 5.78. The van der Waals surface area contributed by atoms with Gasteiger partial charge in [0.1, 0.15) is 12.4 Å². The average molecular weight is 483 g/mol. The van der Waals surface area contributed by atoms with E-state index in [1.54, 1.807) is 4.90 Å². The highest BCUT2D eigenvalue weighted by atomic mass is 16.7. The molecule has 1 amide bonds. The largest absolute Gasteiger partial charge is 0.454 e. The van der Waals surface area contributed by atoms with Crippen LogP contribution in [0.25, 0.3) is 22.6 Å². The van der Waals surface area contributed by atoms with Gasteiger partial charge in [0.15, 0.2) is 11.5 Å². The van der Waals surface area contributed by atoms with E-state index in [9.17, 15) is 4.79 Å². The predicted molar refractivity (Wildman–Crippen MR) is 134 cm³/mol. The van der Waals surface area contributed by atoms with Crippen molar-refractivity contribution < 1.29 is 19.0 Å². The topological polar surface area (TPSA) is 89.6 Å². The second kappa shape index (κ2) is 9.37. The SMILES string of the molecule is Cc1cccc(-c2[nH]c(C3CCN(C(=O)OCc4ccccc4)C3)nc2-c2ccc3c(c2)OCO3)n1. The number of carbonyl (C=O) groups excluding carboxylic acids is 1. The van der Waals surface area contributed by atoms with Crippen molar-refractivity contribution in [3.05, 3.63) is 83.8 Å². The molecule has 1 atom stereocenters. The molecule has 8 heteroatoms. The summed E-state index contributed by atoms with van der Waals surface area (Å²) in [6.07, 6.45) is 0.499. The zero-order chi connectivity index (χ0) is 24.5. The van der Waals surface area contributed by atoms with Gasteiger partial charge < -0.3 is 24.1 Å². The molecule has 4 aromatic rings. The Bertz CT molecular complexity index is 1400. The van der Waals surface area contributed by atoms with Crippen molar-refractivity contribution in [2.24, 2.45) is 0 Å². The molecule has 1 saturated heterocycles. The van der Waals surface area contributed by atoms with Crippen LogP contribution in [-0.4, -0.2) is 45.8 Å². The van der Waals surface area contributed by atoms with Gasteiger partial charge in [0.2, 0.25) is 6.79 Å². The van der Waals surface area contributed by atoms with Crippen LogP contribution in [0.4, 0.5) is 4.79 Å². The van der Waals surface area contributed by atoms with Gasteiger partial charge in [-0.1, -0.05) is 36.4 Å². The number of H-pyrrole nitrogens is 1. The number of aromatic nitrogens is 3. The van der Waals surface area contributed by atoms with Gasteiger partial charge >= 0.3 is 6.09 Å². The van der Waals surface area contributed by atoms with Crippen LogP contribution >= 0.6 is 0 Å². The molecule has 1 unspecified atom stereocenters. The first kappa shape index (κ1) is 22.2. The fourth-order valence-corrected chi connectivity index (χ4v) is 4.67. The minimum absolute atomic E-state index is 0.0700. The lowest BCUT2D eigenvalue weighted by Crippen LogP contribution is -2.29. The summed E-state index contributed by atoms with van der Waals surface area (Å²) >= 11 is 0. The van der Waals surface area contributed by atoms with Gasteiger partial charge in [-0.05, 0) is 49.2 Å². The van der Waals surface area contributed by atoms with Gasteiger partial charge in [0.25, 0.3) is 0 Å². The summed E-state index contributed by atoms with van der Waals surface area (Å²) in [5, 5.41) is 0. The van der Waals surface area contributed by atoms with E-state index in [0.717, 1.165) is 51.9 Å². The van der Waals surface area contributed by atoms with Crippen LogP contribution in [0.5, 0.6) is 11.5 Å². The summed E-state index contributed by atoms with van der Waals surface area (Å²) in [5.74, 6) is 2.33. The Kier molecular flexibility index (Phi) is 5.77. The number of pyridine rings is 1. The number of benzene rings is 2. The standard InChI is InChI=1S/C28H26N4O4/c1-18-6-5-9-22(29-18)26-25(20-10-11-23-24(14-20)36-17-35-23)30-27(31-26)21-12-13-32(15-21)28(33)34-16-19-7-3-2-4-8-19/h2-11,14,21H,12-13,15-17H2,1H3,(H,30,31). The molecule has 4 heterocycles. The predicted octanol–water partition coefficient (Wildman–Crippen LogP) is 5.30. The molecular weight excluding hydrogens is 456 g/mol. The van der Waals surface area contributed by atoms with Crippen molar-refractivity contribution in [2.45, 2.75) is 25.9 Å². The number of aromatic amines is 1. The second-order valence-corrected chi connectivity index (χ2v) is 9.05. The molecule has 0 aliphatic carbocycles. The van der Waals surface area contributed by atoms with Crippen LogP contribution < -0.4 is 9.47 Å². The van der Waals surface area contributed by atoms with Gasteiger partial charge in [-0.25, -0.2) is 9.78 Å². The third kappa shape index (κ3) is 4.37. The lowest BCUT2D eigenvalue weighted by Gasteiger charge is -2.16. The first-order valence-electron chi connectivity index (χ1n) is 12.0. The Hall–Kier alpha value is -4.33. The molecule has 6 rings (SSSR count). The number of nitrogens with zero attached hydrogens (tertiary/aromatic N) is 3. The van der Waals surface area contributed by atoms with Gasteiger partial charge in [-0.2, -0.15) is 0 Å². The van der Waals surface area contributed by atoms with Gasteiger partial charge in [-0.3, -0.25) is 4.98 Å². The Morgan fingerprint density at radius 3 is 2.78 bits per heavy atom. The average Bonchev–Trinajstić information content (AvgIpc) is 3.66. The quantitative estimate of drug-likeness (QED) is 0.415. The molecule has 182 valence electrons.